The van der Waals surface area contributed by atoms with Gasteiger partial charge in [0.2, 0.25) is 0 Å². The third kappa shape index (κ3) is 6.80. The summed E-state index contributed by atoms with van der Waals surface area (Å²) in [6.45, 7) is 12.0. The van der Waals surface area contributed by atoms with Gasteiger partial charge in [-0.05, 0) is 25.0 Å². The first-order chi connectivity index (χ1) is 13.2. The number of hydrogen-bond acceptors (Lipinski definition) is 5. The van der Waals surface area contributed by atoms with E-state index >= 15 is 0 Å². The molecule has 0 aromatic carbocycles. The Kier molecular flexibility index (Phi) is 10.2. The molecule has 6 nitrogen and oxygen atoms in total. The summed E-state index contributed by atoms with van der Waals surface area (Å²) in [7, 11) is 1.87. The third-order valence-corrected chi connectivity index (χ3v) is 7.64. The van der Waals surface area contributed by atoms with Crippen LogP contribution in [0.15, 0.2) is 4.99 Å². The summed E-state index contributed by atoms with van der Waals surface area (Å²) in [5, 5.41) is 7.20. The zero-order chi connectivity index (χ0) is 19.5. The van der Waals surface area contributed by atoms with E-state index in [1.54, 1.807) is 0 Å². The van der Waals surface area contributed by atoms with Crippen LogP contribution in [0.2, 0.25) is 0 Å². The molecule has 0 aromatic rings. The molecule has 0 amide bonds. The van der Waals surface area contributed by atoms with Crippen molar-refractivity contribution in [3.8, 4) is 0 Å². The molecule has 2 heterocycles. The number of guanidine groups is 1. The highest BCUT2D eigenvalue weighted by Gasteiger charge is 2.32. The van der Waals surface area contributed by atoms with Gasteiger partial charge in [0.15, 0.2) is 5.96 Å². The van der Waals surface area contributed by atoms with E-state index in [-0.39, 0.29) is 4.75 Å². The molecule has 0 saturated carbocycles. The maximum absolute atomic E-state index is 5.56. The molecule has 2 fully saturated rings. The van der Waals surface area contributed by atoms with E-state index in [0.717, 1.165) is 71.4 Å². The lowest BCUT2D eigenvalue weighted by molar-refractivity contribution is 0.00271. The predicted octanol–water partition coefficient (Wildman–Crippen LogP) is 2.20. The average molecular weight is 401 g/mol. The van der Waals surface area contributed by atoms with Crippen molar-refractivity contribution in [1.82, 2.24) is 15.5 Å². The van der Waals surface area contributed by atoms with Gasteiger partial charge in [0, 0.05) is 57.2 Å². The van der Waals surface area contributed by atoms with Crippen LogP contribution in [0.25, 0.3) is 0 Å². The van der Waals surface area contributed by atoms with Gasteiger partial charge >= 0.3 is 0 Å². The fourth-order valence-corrected chi connectivity index (χ4v) is 4.99. The number of hydrogen-bond donors (Lipinski definition) is 2. The third-order valence-electron chi connectivity index (χ3n) is 6.22. The largest absolute Gasteiger partial charge is 0.381 e. The van der Waals surface area contributed by atoms with Crippen molar-refractivity contribution >= 4 is 17.7 Å². The molecule has 0 radical (unpaired) electrons. The number of nitrogens with zero attached hydrogens (tertiary/aromatic N) is 2. The van der Waals surface area contributed by atoms with Crippen molar-refractivity contribution in [1.29, 1.82) is 0 Å². The van der Waals surface area contributed by atoms with Gasteiger partial charge in [-0.25, -0.2) is 0 Å². The van der Waals surface area contributed by atoms with Crippen molar-refractivity contribution in [3.63, 3.8) is 0 Å². The van der Waals surface area contributed by atoms with Crippen LogP contribution in [0.3, 0.4) is 0 Å². The van der Waals surface area contributed by atoms with Crippen LogP contribution in [0.4, 0.5) is 0 Å². The molecule has 2 rings (SSSR count). The molecule has 27 heavy (non-hydrogen) atoms. The molecule has 7 heteroatoms. The minimum Gasteiger partial charge on any atom is -0.381 e. The molecule has 2 N–H and O–H groups in total. The quantitative estimate of drug-likeness (QED) is 0.457. The molecule has 2 aliphatic heterocycles. The normalized spacial score (nSPS) is 22.6. The van der Waals surface area contributed by atoms with Crippen molar-refractivity contribution < 1.29 is 9.47 Å². The summed E-state index contributed by atoms with van der Waals surface area (Å²) in [5.74, 6) is 1.61. The molecular formula is C20H40N4O2S. The molecule has 0 bridgehead atoms. The monoisotopic (exact) mass is 400 g/mol. The summed E-state index contributed by atoms with van der Waals surface area (Å²) in [4.78, 5) is 7.08. The van der Waals surface area contributed by atoms with E-state index < -0.39 is 0 Å². The maximum atomic E-state index is 5.56. The van der Waals surface area contributed by atoms with E-state index in [1.165, 1.54) is 12.8 Å². The Bertz CT molecular complexity index is 434. The van der Waals surface area contributed by atoms with Crippen LogP contribution in [-0.2, 0) is 9.47 Å². The van der Waals surface area contributed by atoms with Crippen molar-refractivity contribution in [2.75, 3.05) is 65.9 Å². The molecule has 0 aliphatic carbocycles. The lowest BCUT2D eigenvalue weighted by atomic mass is 9.92. The lowest BCUT2D eigenvalue weighted by Crippen LogP contribution is -2.54. The highest BCUT2D eigenvalue weighted by molar-refractivity contribution is 8.00. The van der Waals surface area contributed by atoms with Gasteiger partial charge in [0.25, 0.3) is 0 Å². The van der Waals surface area contributed by atoms with Gasteiger partial charge in [-0.15, -0.1) is 0 Å². The van der Waals surface area contributed by atoms with Gasteiger partial charge in [-0.1, -0.05) is 26.7 Å². The van der Waals surface area contributed by atoms with E-state index in [0.29, 0.717) is 12.0 Å². The molecule has 2 saturated heterocycles. The first-order valence-corrected chi connectivity index (χ1v) is 11.8. The van der Waals surface area contributed by atoms with E-state index in [2.05, 4.69) is 40.6 Å². The Labute approximate surface area is 170 Å². The molecule has 0 aromatic heterocycles. The Morgan fingerprint density at radius 1 is 1.07 bits per heavy atom. The Morgan fingerprint density at radius 3 is 2.26 bits per heavy atom. The van der Waals surface area contributed by atoms with Crippen molar-refractivity contribution in [2.24, 2.45) is 10.9 Å². The van der Waals surface area contributed by atoms with E-state index in [4.69, 9.17) is 9.47 Å². The lowest BCUT2D eigenvalue weighted by Gasteiger charge is -2.39. The standard InChI is InChI=1S/C20H40N4O2S/c1-5-17(6-2)18(24-9-13-26-14-10-24)15-22-19(21-3)23-16-20(27-4)7-11-25-12-8-20/h17-18H,5-16H2,1-4H3,(H2,21,22,23). The second-order valence-corrected chi connectivity index (χ2v) is 8.87. The number of thioether (sulfide) groups is 1. The fraction of sp³-hybridized carbons (Fsp3) is 0.950. The topological polar surface area (TPSA) is 58.1 Å². The summed E-state index contributed by atoms with van der Waals surface area (Å²) < 4.78 is 11.4. The second-order valence-electron chi connectivity index (χ2n) is 7.60. The molecule has 1 atom stereocenters. The molecular weight excluding hydrogens is 360 g/mol. The number of morpholine rings is 1. The summed E-state index contributed by atoms with van der Waals surface area (Å²) in [6.07, 6.45) is 6.83. The summed E-state index contributed by atoms with van der Waals surface area (Å²) in [5.41, 5.74) is 0. The van der Waals surface area contributed by atoms with Gasteiger partial charge < -0.3 is 20.1 Å². The first-order valence-electron chi connectivity index (χ1n) is 10.6. The van der Waals surface area contributed by atoms with Crippen molar-refractivity contribution in [3.05, 3.63) is 0 Å². The van der Waals surface area contributed by atoms with Gasteiger partial charge in [-0.3, -0.25) is 9.89 Å². The van der Waals surface area contributed by atoms with Crippen LogP contribution in [0.1, 0.15) is 39.5 Å². The highest BCUT2D eigenvalue weighted by atomic mass is 32.2. The number of aliphatic imine (C=N–C) groups is 1. The SMILES string of the molecule is CCC(CC)C(CNC(=NC)NCC1(SC)CCOCC1)N1CCOCC1. The Morgan fingerprint density at radius 2 is 1.70 bits per heavy atom. The minimum absolute atomic E-state index is 0.259. The van der Waals surface area contributed by atoms with Crippen LogP contribution in [0.5, 0.6) is 0 Å². The summed E-state index contributed by atoms with van der Waals surface area (Å²) >= 11 is 1.96. The maximum Gasteiger partial charge on any atom is 0.191 e. The predicted molar refractivity (Wildman–Crippen MR) is 116 cm³/mol. The fourth-order valence-electron chi connectivity index (χ4n) is 4.20. The average Bonchev–Trinajstić information content (AvgIpc) is 2.74. The Hall–Kier alpha value is -0.500. The first kappa shape index (κ1) is 22.8. The minimum atomic E-state index is 0.259. The molecule has 158 valence electrons. The zero-order valence-corrected chi connectivity index (χ0v) is 18.6. The number of ether oxygens (including phenoxy) is 2. The zero-order valence-electron chi connectivity index (χ0n) is 17.8. The molecule has 2 aliphatic rings. The number of rotatable bonds is 9. The van der Waals surface area contributed by atoms with Crippen LogP contribution in [-0.4, -0.2) is 87.6 Å². The van der Waals surface area contributed by atoms with E-state index in [9.17, 15) is 0 Å². The second kappa shape index (κ2) is 12.1. The highest BCUT2D eigenvalue weighted by Crippen LogP contribution is 2.32. The van der Waals surface area contributed by atoms with Crippen molar-refractivity contribution in [2.45, 2.75) is 50.3 Å². The molecule has 1 unspecified atom stereocenters. The van der Waals surface area contributed by atoms with Crippen LogP contribution < -0.4 is 10.6 Å². The van der Waals surface area contributed by atoms with Gasteiger partial charge in [0.1, 0.15) is 0 Å². The smallest absolute Gasteiger partial charge is 0.191 e. The van der Waals surface area contributed by atoms with E-state index in [1.807, 2.05) is 18.8 Å². The molecule has 0 spiro atoms. The van der Waals surface area contributed by atoms with Crippen LogP contribution in [0, 0.1) is 5.92 Å². The van der Waals surface area contributed by atoms with Gasteiger partial charge in [-0.2, -0.15) is 11.8 Å². The summed E-state index contributed by atoms with van der Waals surface area (Å²) in [6, 6.07) is 0.528. The number of nitrogens with one attached hydrogen (secondary N) is 2. The van der Waals surface area contributed by atoms with Gasteiger partial charge in [0.05, 0.1) is 13.2 Å². The Balaban J connectivity index is 1.90. The van der Waals surface area contributed by atoms with Crippen LogP contribution >= 0.6 is 11.8 Å².